The fourth-order valence-electron chi connectivity index (χ4n) is 2.89. The highest BCUT2D eigenvalue weighted by atomic mass is 32.2. The second kappa shape index (κ2) is 5.74. The van der Waals surface area contributed by atoms with Gasteiger partial charge in [0.2, 0.25) is 0 Å². The number of methoxy groups -OCH3 is 1. The van der Waals surface area contributed by atoms with Crippen LogP contribution < -0.4 is 4.74 Å². The third-order valence-electron chi connectivity index (χ3n) is 4.03. The Morgan fingerprint density at radius 3 is 2.60 bits per heavy atom. The molecule has 112 valence electrons. The number of rotatable bonds is 4. The normalized spacial score (nSPS) is 22.7. The van der Waals surface area contributed by atoms with Crippen molar-refractivity contribution in [1.82, 2.24) is 0 Å². The van der Waals surface area contributed by atoms with Crippen LogP contribution in [0.2, 0.25) is 0 Å². The van der Waals surface area contributed by atoms with Crippen molar-refractivity contribution in [3.63, 3.8) is 0 Å². The Morgan fingerprint density at radius 1 is 1.35 bits per heavy atom. The molecule has 0 radical (unpaired) electrons. The molecule has 0 aromatic heterocycles. The van der Waals surface area contributed by atoms with Gasteiger partial charge < -0.3 is 9.84 Å². The molecule has 1 saturated heterocycles. The molecule has 2 unspecified atom stereocenters. The minimum atomic E-state index is -2.88. The fraction of sp³-hybridized carbons (Fsp3) is 0.600. The van der Waals surface area contributed by atoms with Gasteiger partial charge in [-0.3, -0.25) is 0 Å². The largest absolute Gasteiger partial charge is 0.496 e. The quantitative estimate of drug-likeness (QED) is 0.925. The van der Waals surface area contributed by atoms with Crippen molar-refractivity contribution in [3.8, 4) is 5.75 Å². The van der Waals surface area contributed by atoms with Crippen LogP contribution in [-0.2, 0) is 9.84 Å². The second-order valence-electron chi connectivity index (χ2n) is 5.70. The summed E-state index contributed by atoms with van der Waals surface area (Å²) in [7, 11) is -1.26. The van der Waals surface area contributed by atoms with Crippen LogP contribution in [0.25, 0.3) is 0 Å². The predicted molar refractivity (Wildman–Crippen MR) is 78.8 cm³/mol. The number of aryl methyl sites for hydroxylation is 2. The zero-order chi connectivity index (χ0) is 14.9. The molecular formula is C15H22O4S. The topological polar surface area (TPSA) is 63.6 Å². The molecule has 1 aromatic carbocycles. The van der Waals surface area contributed by atoms with Crippen molar-refractivity contribution in [2.24, 2.45) is 5.92 Å². The monoisotopic (exact) mass is 298 g/mol. The summed E-state index contributed by atoms with van der Waals surface area (Å²) in [4.78, 5) is 0. The van der Waals surface area contributed by atoms with Crippen LogP contribution in [0.4, 0.5) is 0 Å². The van der Waals surface area contributed by atoms with Crippen LogP contribution in [0.15, 0.2) is 12.1 Å². The maximum absolute atomic E-state index is 11.5. The van der Waals surface area contributed by atoms with E-state index in [9.17, 15) is 13.5 Å². The van der Waals surface area contributed by atoms with Gasteiger partial charge in [-0.25, -0.2) is 8.42 Å². The highest BCUT2D eigenvalue weighted by Crippen LogP contribution is 2.32. The van der Waals surface area contributed by atoms with Crippen molar-refractivity contribution < 1.29 is 18.3 Å². The average Bonchev–Trinajstić information content (AvgIpc) is 2.70. The number of ether oxygens (including phenoxy) is 1. The van der Waals surface area contributed by atoms with E-state index in [1.807, 2.05) is 26.0 Å². The molecule has 1 N–H and O–H groups in total. The summed E-state index contributed by atoms with van der Waals surface area (Å²) in [5.41, 5.74) is 2.82. The van der Waals surface area contributed by atoms with Crippen molar-refractivity contribution in [2.45, 2.75) is 32.8 Å². The summed E-state index contributed by atoms with van der Waals surface area (Å²) in [6.45, 7) is 3.88. The highest BCUT2D eigenvalue weighted by molar-refractivity contribution is 7.91. The fourth-order valence-corrected chi connectivity index (χ4v) is 4.77. The van der Waals surface area contributed by atoms with Crippen LogP contribution in [-0.4, -0.2) is 32.1 Å². The van der Waals surface area contributed by atoms with Gasteiger partial charge in [-0.15, -0.1) is 0 Å². The van der Waals surface area contributed by atoms with Crippen molar-refractivity contribution >= 4 is 9.84 Å². The van der Waals surface area contributed by atoms with Crippen LogP contribution >= 0.6 is 0 Å². The summed E-state index contributed by atoms with van der Waals surface area (Å²) >= 11 is 0. The van der Waals surface area contributed by atoms with E-state index < -0.39 is 15.9 Å². The highest BCUT2D eigenvalue weighted by Gasteiger charge is 2.30. The van der Waals surface area contributed by atoms with Gasteiger partial charge in [0.1, 0.15) is 5.75 Å². The lowest BCUT2D eigenvalue weighted by molar-refractivity contribution is 0.148. The zero-order valence-corrected chi connectivity index (χ0v) is 13.0. The van der Waals surface area contributed by atoms with E-state index in [0.717, 1.165) is 22.4 Å². The molecule has 0 saturated carbocycles. The lowest BCUT2D eigenvalue weighted by atomic mass is 9.92. The van der Waals surface area contributed by atoms with E-state index in [1.54, 1.807) is 7.11 Å². The first-order chi connectivity index (χ1) is 9.32. The van der Waals surface area contributed by atoms with Crippen LogP contribution in [0.3, 0.4) is 0 Å². The smallest absolute Gasteiger partial charge is 0.150 e. The van der Waals surface area contributed by atoms with Gasteiger partial charge in [0.25, 0.3) is 0 Å². The SMILES string of the molecule is COc1cc(C)c(C(O)CC2CCS(=O)(=O)C2)cc1C. The Labute approximate surface area is 120 Å². The first-order valence-corrected chi connectivity index (χ1v) is 8.68. The van der Waals surface area contributed by atoms with E-state index in [4.69, 9.17) is 4.74 Å². The van der Waals surface area contributed by atoms with E-state index in [2.05, 4.69) is 0 Å². The average molecular weight is 298 g/mol. The van der Waals surface area contributed by atoms with Crippen molar-refractivity contribution in [3.05, 3.63) is 28.8 Å². The Bertz CT molecular complexity index is 592. The molecule has 1 heterocycles. The molecule has 0 amide bonds. The molecule has 20 heavy (non-hydrogen) atoms. The summed E-state index contributed by atoms with van der Waals surface area (Å²) in [6, 6.07) is 3.85. The van der Waals surface area contributed by atoms with Gasteiger partial charge >= 0.3 is 0 Å². The van der Waals surface area contributed by atoms with Crippen LogP contribution in [0, 0.1) is 19.8 Å². The standard InChI is InChI=1S/C15H22O4S/c1-10-7-15(19-3)11(2)6-13(10)14(16)8-12-4-5-20(17,18)9-12/h6-7,12,14,16H,4-5,8-9H2,1-3H3. The van der Waals surface area contributed by atoms with E-state index >= 15 is 0 Å². The second-order valence-corrected chi connectivity index (χ2v) is 7.93. The Morgan fingerprint density at radius 2 is 2.05 bits per heavy atom. The van der Waals surface area contributed by atoms with Crippen LogP contribution in [0.1, 0.15) is 35.6 Å². The maximum atomic E-state index is 11.5. The van der Waals surface area contributed by atoms with Gasteiger partial charge in [0.05, 0.1) is 24.7 Å². The number of hydrogen-bond donors (Lipinski definition) is 1. The number of hydrogen-bond acceptors (Lipinski definition) is 4. The first-order valence-electron chi connectivity index (χ1n) is 6.86. The Kier molecular flexibility index (Phi) is 4.39. The third-order valence-corrected chi connectivity index (χ3v) is 5.86. The zero-order valence-electron chi connectivity index (χ0n) is 12.2. The minimum Gasteiger partial charge on any atom is -0.496 e. The van der Waals surface area contributed by atoms with E-state index in [-0.39, 0.29) is 17.4 Å². The lowest BCUT2D eigenvalue weighted by Gasteiger charge is -2.19. The summed E-state index contributed by atoms with van der Waals surface area (Å²) in [5, 5.41) is 10.4. The molecule has 0 aliphatic carbocycles. The van der Waals surface area contributed by atoms with E-state index in [1.165, 1.54) is 0 Å². The van der Waals surface area contributed by atoms with Crippen molar-refractivity contribution in [2.75, 3.05) is 18.6 Å². The molecule has 1 aliphatic heterocycles. The lowest BCUT2D eigenvalue weighted by Crippen LogP contribution is -2.10. The van der Waals surface area contributed by atoms with Gasteiger partial charge in [0.15, 0.2) is 9.84 Å². The van der Waals surface area contributed by atoms with Gasteiger partial charge in [-0.1, -0.05) is 0 Å². The number of sulfone groups is 1. The summed E-state index contributed by atoms with van der Waals surface area (Å²) < 4.78 is 28.2. The van der Waals surface area contributed by atoms with Gasteiger partial charge in [-0.05, 0) is 61.4 Å². The maximum Gasteiger partial charge on any atom is 0.150 e. The molecule has 1 aliphatic rings. The van der Waals surface area contributed by atoms with Crippen LogP contribution in [0.5, 0.6) is 5.75 Å². The Hall–Kier alpha value is -1.07. The molecule has 0 spiro atoms. The molecule has 1 fully saturated rings. The van der Waals surface area contributed by atoms with Gasteiger partial charge in [-0.2, -0.15) is 0 Å². The molecule has 5 heteroatoms. The summed E-state index contributed by atoms with van der Waals surface area (Å²) in [6.07, 6.45) is 0.553. The molecule has 2 rings (SSSR count). The van der Waals surface area contributed by atoms with Crippen molar-refractivity contribution in [1.29, 1.82) is 0 Å². The Balaban J connectivity index is 2.13. The molecule has 1 aromatic rings. The number of aliphatic hydroxyl groups excluding tert-OH is 1. The molecule has 0 bridgehead atoms. The third kappa shape index (κ3) is 3.33. The number of benzene rings is 1. The summed E-state index contributed by atoms with van der Waals surface area (Å²) in [5.74, 6) is 1.34. The first kappa shape index (κ1) is 15.3. The molecule has 4 nitrogen and oxygen atoms in total. The predicted octanol–water partition coefficient (Wildman–Crippen LogP) is 2.17. The minimum absolute atomic E-state index is 0.0665. The van der Waals surface area contributed by atoms with E-state index in [0.29, 0.717) is 12.8 Å². The molecule has 2 atom stereocenters. The number of aliphatic hydroxyl groups is 1. The van der Waals surface area contributed by atoms with Gasteiger partial charge in [0, 0.05) is 0 Å². The molecular weight excluding hydrogens is 276 g/mol.